The Morgan fingerprint density at radius 1 is 1.40 bits per heavy atom. The summed E-state index contributed by atoms with van der Waals surface area (Å²) in [5, 5.41) is 3.60. The Morgan fingerprint density at radius 2 is 2.13 bits per heavy atom. The minimum Gasteiger partial charge on any atom is -0.314 e. The summed E-state index contributed by atoms with van der Waals surface area (Å²) in [6.07, 6.45) is 2.60. The summed E-state index contributed by atoms with van der Waals surface area (Å²) in [4.78, 5) is 2.66. The van der Waals surface area contributed by atoms with E-state index in [9.17, 15) is 0 Å². The SMILES string of the molecule is CCC(C)CN1CCC(C)NCC(C)C1. The average molecular weight is 212 g/mol. The number of rotatable bonds is 3. The van der Waals surface area contributed by atoms with Crippen LogP contribution in [-0.4, -0.2) is 37.1 Å². The first-order valence-corrected chi connectivity index (χ1v) is 6.57. The summed E-state index contributed by atoms with van der Waals surface area (Å²) >= 11 is 0. The van der Waals surface area contributed by atoms with Crippen LogP contribution in [0.25, 0.3) is 0 Å². The van der Waals surface area contributed by atoms with E-state index in [4.69, 9.17) is 0 Å². The third-order valence-electron chi connectivity index (χ3n) is 3.53. The van der Waals surface area contributed by atoms with E-state index in [-0.39, 0.29) is 0 Å². The minimum atomic E-state index is 0.687. The van der Waals surface area contributed by atoms with E-state index in [0.717, 1.165) is 11.8 Å². The van der Waals surface area contributed by atoms with E-state index in [1.54, 1.807) is 0 Å². The lowest BCUT2D eigenvalue weighted by molar-refractivity contribution is 0.178. The lowest BCUT2D eigenvalue weighted by atomic mass is 10.0. The highest BCUT2D eigenvalue weighted by molar-refractivity contribution is 4.74. The maximum atomic E-state index is 3.60. The van der Waals surface area contributed by atoms with Gasteiger partial charge >= 0.3 is 0 Å². The summed E-state index contributed by atoms with van der Waals surface area (Å²) in [7, 11) is 0. The second kappa shape index (κ2) is 6.49. The number of nitrogens with one attached hydrogen (secondary N) is 1. The van der Waals surface area contributed by atoms with Gasteiger partial charge in [-0.2, -0.15) is 0 Å². The molecule has 0 aromatic heterocycles. The number of hydrogen-bond acceptors (Lipinski definition) is 2. The van der Waals surface area contributed by atoms with Crippen LogP contribution >= 0.6 is 0 Å². The van der Waals surface area contributed by atoms with E-state index < -0.39 is 0 Å². The highest BCUT2D eigenvalue weighted by Gasteiger charge is 2.17. The quantitative estimate of drug-likeness (QED) is 0.772. The molecule has 1 aliphatic rings. The van der Waals surface area contributed by atoms with Gasteiger partial charge in [-0.05, 0) is 38.3 Å². The topological polar surface area (TPSA) is 15.3 Å². The zero-order valence-electron chi connectivity index (χ0n) is 10.9. The summed E-state index contributed by atoms with van der Waals surface area (Å²) in [6, 6.07) is 0.687. The van der Waals surface area contributed by atoms with Crippen molar-refractivity contribution in [3.63, 3.8) is 0 Å². The molecular formula is C13H28N2. The zero-order valence-corrected chi connectivity index (χ0v) is 10.9. The molecule has 3 atom stereocenters. The normalized spacial score (nSPS) is 32.0. The Balaban J connectivity index is 2.40. The highest BCUT2D eigenvalue weighted by Crippen LogP contribution is 2.10. The summed E-state index contributed by atoms with van der Waals surface area (Å²) < 4.78 is 0. The molecule has 1 heterocycles. The van der Waals surface area contributed by atoms with Crippen LogP contribution in [0, 0.1) is 11.8 Å². The van der Waals surface area contributed by atoms with Gasteiger partial charge in [-0.3, -0.25) is 0 Å². The van der Waals surface area contributed by atoms with Gasteiger partial charge in [-0.1, -0.05) is 27.2 Å². The first-order chi connectivity index (χ1) is 7.11. The molecule has 3 unspecified atom stereocenters. The molecule has 0 amide bonds. The third-order valence-corrected chi connectivity index (χ3v) is 3.53. The summed E-state index contributed by atoms with van der Waals surface area (Å²) in [5.41, 5.74) is 0. The zero-order chi connectivity index (χ0) is 11.3. The fraction of sp³-hybridized carbons (Fsp3) is 1.00. The molecule has 0 bridgehead atoms. The Kier molecular flexibility index (Phi) is 5.62. The lowest BCUT2D eigenvalue weighted by Gasteiger charge is -2.32. The van der Waals surface area contributed by atoms with Crippen LogP contribution in [0.1, 0.15) is 40.5 Å². The van der Waals surface area contributed by atoms with Crippen molar-refractivity contribution in [3.8, 4) is 0 Å². The Hall–Kier alpha value is -0.0800. The Labute approximate surface area is 95.4 Å². The van der Waals surface area contributed by atoms with Gasteiger partial charge < -0.3 is 10.2 Å². The molecule has 1 saturated heterocycles. The Morgan fingerprint density at radius 3 is 2.80 bits per heavy atom. The molecule has 15 heavy (non-hydrogen) atoms. The Bertz CT molecular complexity index is 168. The van der Waals surface area contributed by atoms with Crippen LogP contribution in [0.15, 0.2) is 0 Å². The molecule has 0 aromatic carbocycles. The van der Waals surface area contributed by atoms with Gasteiger partial charge in [0.15, 0.2) is 0 Å². The van der Waals surface area contributed by atoms with Crippen molar-refractivity contribution in [2.75, 3.05) is 26.2 Å². The van der Waals surface area contributed by atoms with E-state index in [1.165, 1.54) is 39.0 Å². The molecule has 0 radical (unpaired) electrons. The molecule has 1 N–H and O–H groups in total. The van der Waals surface area contributed by atoms with E-state index in [1.807, 2.05) is 0 Å². The molecule has 90 valence electrons. The predicted molar refractivity (Wildman–Crippen MR) is 67.1 cm³/mol. The van der Waals surface area contributed by atoms with Crippen LogP contribution in [0.2, 0.25) is 0 Å². The van der Waals surface area contributed by atoms with Crippen LogP contribution < -0.4 is 5.32 Å². The van der Waals surface area contributed by atoms with Crippen LogP contribution in [0.4, 0.5) is 0 Å². The standard InChI is InChI=1S/C13H28N2/c1-5-11(2)9-15-7-6-13(4)14-8-12(3)10-15/h11-14H,5-10H2,1-4H3. The number of hydrogen-bond donors (Lipinski definition) is 1. The van der Waals surface area contributed by atoms with Crippen LogP contribution in [0.3, 0.4) is 0 Å². The smallest absolute Gasteiger partial charge is 0.00510 e. The molecular weight excluding hydrogens is 184 g/mol. The lowest BCUT2D eigenvalue weighted by Crippen LogP contribution is -2.43. The average Bonchev–Trinajstić information content (AvgIpc) is 2.20. The van der Waals surface area contributed by atoms with Gasteiger partial charge in [-0.15, -0.1) is 0 Å². The van der Waals surface area contributed by atoms with E-state index in [2.05, 4.69) is 37.9 Å². The first kappa shape index (κ1) is 13.0. The molecule has 0 aliphatic carbocycles. The van der Waals surface area contributed by atoms with Crippen molar-refractivity contribution in [3.05, 3.63) is 0 Å². The molecule has 2 heteroatoms. The maximum absolute atomic E-state index is 3.60. The second-order valence-electron chi connectivity index (χ2n) is 5.48. The van der Waals surface area contributed by atoms with Crippen LogP contribution in [0.5, 0.6) is 0 Å². The molecule has 0 saturated carbocycles. The largest absolute Gasteiger partial charge is 0.314 e. The van der Waals surface area contributed by atoms with Gasteiger partial charge in [0.2, 0.25) is 0 Å². The second-order valence-corrected chi connectivity index (χ2v) is 5.48. The van der Waals surface area contributed by atoms with Gasteiger partial charge in [0.25, 0.3) is 0 Å². The van der Waals surface area contributed by atoms with E-state index >= 15 is 0 Å². The summed E-state index contributed by atoms with van der Waals surface area (Å²) in [5.74, 6) is 1.64. The molecule has 0 spiro atoms. The van der Waals surface area contributed by atoms with Gasteiger partial charge in [0.05, 0.1) is 0 Å². The molecule has 1 rings (SSSR count). The van der Waals surface area contributed by atoms with Gasteiger partial charge in [0.1, 0.15) is 0 Å². The van der Waals surface area contributed by atoms with Gasteiger partial charge in [-0.25, -0.2) is 0 Å². The fourth-order valence-corrected chi connectivity index (χ4v) is 2.21. The first-order valence-electron chi connectivity index (χ1n) is 6.57. The number of nitrogens with zero attached hydrogens (tertiary/aromatic N) is 1. The monoisotopic (exact) mass is 212 g/mol. The van der Waals surface area contributed by atoms with Crippen molar-refractivity contribution in [2.24, 2.45) is 11.8 Å². The minimum absolute atomic E-state index is 0.687. The third kappa shape index (κ3) is 4.98. The van der Waals surface area contributed by atoms with Crippen LogP contribution in [-0.2, 0) is 0 Å². The van der Waals surface area contributed by atoms with Gasteiger partial charge in [0, 0.05) is 19.1 Å². The summed E-state index contributed by atoms with van der Waals surface area (Å²) in [6.45, 7) is 14.3. The van der Waals surface area contributed by atoms with Crippen molar-refractivity contribution in [1.82, 2.24) is 10.2 Å². The molecule has 1 aliphatic heterocycles. The van der Waals surface area contributed by atoms with Crippen molar-refractivity contribution < 1.29 is 0 Å². The molecule has 2 nitrogen and oxygen atoms in total. The van der Waals surface area contributed by atoms with Crippen molar-refractivity contribution in [1.29, 1.82) is 0 Å². The molecule has 0 aromatic rings. The predicted octanol–water partition coefficient (Wildman–Crippen LogP) is 2.35. The highest BCUT2D eigenvalue weighted by atomic mass is 15.1. The fourth-order valence-electron chi connectivity index (χ4n) is 2.21. The van der Waals surface area contributed by atoms with Crippen molar-refractivity contribution >= 4 is 0 Å². The van der Waals surface area contributed by atoms with E-state index in [0.29, 0.717) is 6.04 Å². The van der Waals surface area contributed by atoms with Crippen molar-refractivity contribution in [2.45, 2.75) is 46.6 Å². The molecule has 1 fully saturated rings. The maximum Gasteiger partial charge on any atom is 0.00510 e.